The van der Waals surface area contributed by atoms with Gasteiger partial charge in [-0.05, 0) is 35.6 Å². The number of esters is 1. The van der Waals surface area contributed by atoms with Crippen LogP contribution < -0.4 is 0 Å². The van der Waals surface area contributed by atoms with Gasteiger partial charge in [0.2, 0.25) is 0 Å². The van der Waals surface area contributed by atoms with E-state index in [0.29, 0.717) is 6.42 Å². The molecule has 0 unspecified atom stereocenters. The molecule has 5 nitrogen and oxygen atoms in total. The summed E-state index contributed by atoms with van der Waals surface area (Å²) in [7, 11) is 1.33. The summed E-state index contributed by atoms with van der Waals surface area (Å²) in [6.07, 6.45) is 3.75. The summed E-state index contributed by atoms with van der Waals surface area (Å²) in [6, 6.07) is 15.5. The molecule has 0 fully saturated rings. The normalized spacial score (nSPS) is 20.4. The average Bonchev–Trinajstić information content (AvgIpc) is 3.05. The number of hydrogen-bond donors (Lipinski definition) is 0. The molecule has 2 atom stereocenters. The molecule has 0 saturated heterocycles. The molecule has 0 N–H and O–H groups in total. The lowest BCUT2D eigenvalue weighted by Crippen LogP contribution is -2.51. The quantitative estimate of drug-likeness (QED) is 0.596. The van der Waals surface area contributed by atoms with Crippen LogP contribution in [0.4, 0.5) is 4.79 Å². The molecule has 0 spiro atoms. The number of nitrogens with zero attached hydrogens (tertiary/aromatic N) is 1. The van der Waals surface area contributed by atoms with Crippen LogP contribution in [0.5, 0.6) is 0 Å². The first-order chi connectivity index (χ1) is 13.6. The molecule has 1 amide bonds. The molecule has 0 radical (unpaired) electrons. The van der Waals surface area contributed by atoms with Crippen LogP contribution in [0.25, 0.3) is 11.1 Å². The third-order valence-electron chi connectivity index (χ3n) is 5.57. The number of benzene rings is 2. The molecular formula is C23H23NO4. The zero-order valence-corrected chi connectivity index (χ0v) is 16.0. The number of methoxy groups -OCH3 is 1. The Labute approximate surface area is 164 Å². The number of amides is 1. The van der Waals surface area contributed by atoms with Crippen molar-refractivity contribution in [3.8, 4) is 11.1 Å². The first-order valence-corrected chi connectivity index (χ1v) is 9.49. The highest BCUT2D eigenvalue weighted by Gasteiger charge is 2.37. The molecule has 0 saturated carbocycles. The highest BCUT2D eigenvalue weighted by atomic mass is 16.6. The van der Waals surface area contributed by atoms with Gasteiger partial charge in [0.1, 0.15) is 12.6 Å². The van der Waals surface area contributed by atoms with Gasteiger partial charge in [-0.1, -0.05) is 60.7 Å². The second-order valence-corrected chi connectivity index (χ2v) is 7.15. The van der Waals surface area contributed by atoms with E-state index in [1.807, 2.05) is 43.3 Å². The van der Waals surface area contributed by atoms with E-state index in [1.54, 1.807) is 0 Å². The molecule has 0 aromatic heterocycles. The molecule has 1 aliphatic carbocycles. The minimum atomic E-state index is -0.652. The zero-order chi connectivity index (χ0) is 19.7. The number of ether oxygens (including phenoxy) is 2. The van der Waals surface area contributed by atoms with Gasteiger partial charge in [-0.25, -0.2) is 9.59 Å². The summed E-state index contributed by atoms with van der Waals surface area (Å²) >= 11 is 0. The maximum Gasteiger partial charge on any atom is 0.411 e. The SMILES string of the molecule is COC(=O)[C@H]1CC=C[C@H](C)N1C(=O)OCC1c2ccccc2-c2ccccc21. The lowest BCUT2D eigenvalue weighted by Gasteiger charge is -2.35. The van der Waals surface area contributed by atoms with Crippen LogP contribution in [-0.4, -0.2) is 42.8 Å². The monoisotopic (exact) mass is 377 g/mol. The molecular weight excluding hydrogens is 354 g/mol. The van der Waals surface area contributed by atoms with Crippen molar-refractivity contribution in [3.63, 3.8) is 0 Å². The van der Waals surface area contributed by atoms with Gasteiger partial charge in [-0.2, -0.15) is 0 Å². The Bertz CT molecular complexity index is 890. The van der Waals surface area contributed by atoms with Crippen molar-refractivity contribution in [1.82, 2.24) is 4.90 Å². The lowest BCUT2D eigenvalue weighted by molar-refractivity contribution is -0.147. The van der Waals surface area contributed by atoms with Gasteiger partial charge >= 0.3 is 12.1 Å². The van der Waals surface area contributed by atoms with Gasteiger partial charge in [0.15, 0.2) is 0 Å². The van der Waals surface area contributed by atoms with Gasteiger partial charge < -0.3 is 9.47 Å². The summed E-state index contributed by atoms with van der Waals surface area (Å²) < 4.78 is 10.6. The second-order valence-electron chi connectivity index (χ2n) is 7.15. The van der Waals surface area contributed by atoms with E-state index >= 15 is 0 Å². The molecule has 28 heavy (non-hydrogen) atoms. The van der Waals surface area contributed by atoms with E-state index in [4.69, 9.17) is 9.47 Å². The smallest absolute Gasteiger partial charge is 0.411 e. The fourth-order valence-corrected chi connectivity index (χ4v) is 4.20. The van der Waals surface area contributed by atoms with Crippen LogP contribution in [0.3, 0.4) is 0 Å². The maximum atomic E-state index is 12.9. The van der Waals surface area contributed by atoms with Crippen molar-refractivity contribution >= 4 is 12.1 Å². The number of rotatable bonds is 3. The molecule has 4 rings (SSSR count). The minimum absolute atomic E-state index is 0.0106. The molecule has 2 aromatic carbocycles. The zero-order valence-electron chi connectivity index (χ0n) is 16.0. The predicted octanol–water partition coefficient (Wildman–Crippen LogP) is 4.13. The van der Waals surface area contributed by atoms with Crippen LogP contribution >= 0.6 is 0 Å². The second kappa shape index (κ2) is 7.50. The van der Waals surface area contributed by atoms with Gasteiger partial charge in [-0.15, -0.1) is 0 Å². The number of carbonyl (C=O) groups is 2. The van der Waals surface area contributed by atoms with E-state index in [1.165, 1.54) is 23.1 Å². The lowest BCUT2D eigenvalue weighted by atomic mass is 9.98. The van der Waals surface area contributed by atoms with Crippen molar-refractivity contribution in [2.45, 2.75) is 31.3 Å². The summed E-state index contributed by atoms with van der Waals surface area (Å²) in [5.74, 6) is -0.437. The van der Waals surface area contributed by atoms with Crippen molar-refractivity contribution in [1.29, 1.82) is 0 Å². The molecule has 0 bridgehead atoms. The van der Waals surface area contributed by atoms with E-state index in [-0.39, 0.29) is 18.6 Å². The van der Waals surface area contributed by atoms with Crippen molar-refractivity contribution in [2.75, 3.05) is 13.7 Å². The van der Waals surface area contributed by atoms with Crippen LogP contribution in [-0.2, 0) is 14.3 Å². The Morgan fingerprint density at radius 2 is 1.64 bits per heavy atom. The average molecular weight is 377 g/mol. The van der Waals surface area contributed by atoms with Crippen LogP contribution in [0.1, 0.15) is 30.4 Å². The number of hydrogen-bond acceptors (Lipinski definition) is 4. The Hall–Kier alpha value is -3.08. The van der Waals surface area contributed by atoms with Crippen molar-refractivity contribution < 1.29 is 19.1 Å². The fourth-order valence-electron chi connectivity index (χ4n) is 4.20. The third kappa shape index (κ3) is 3.07. The molecule has 2 aromatic rings. The van der Waals surface area contributed by atoms with E-state index in [9.17, 15) is 9.59 Å². The van der Waals surface area contributed by atoms with Crippen LogP contribution in [0.15, 0.2) is 60.7 Å². The summed E-state index contributed by atoms with van der Waals surface area (Å²) in [5.41, 5.74) is 4.68. The van der Waals surface area contributed by atoms with E-state index < -0.39 is 18.1 Å². The van der Waals surface area contributed by atoms with Crippen LogP contribution in [0, 0.1) is 0 Å². The summed E-state index contributed by atoms with van der Waals surface area (Å²) in [5, 5.41) is 0. The van der Waals surface area contributed by atoms with E-state index in [2.05, 4.69) is 24.3 Å². The Kier molecular flexibility index (Phi) is 4.90. The van der Waals surface area contributed by atoms with Gasteiger partial charge in [0.25, 0.3) is 0 Å². The first-order valence-electron chi connectivity index (χ1n) is 9.49. The summed E-state index contributed by atoms with van der Waals surface area (Å²) in [4.78, 5) is 26.5. The van der Waals surface area contributed by atoms with Gasteiger partial charge in [0.05, 0.1) is 13.2 Å². The Morgan fingerprint density at radius 1 is 1.04 bits per heavy atom. The van der Waals surface area contributed by atoms with E-state index in [0.717, 1.165) is 11.1 Å². The largest absolute Gasteiger partial charge is 0.467 e. The highest BCUT2D eigenvalue weighted by Crippen LogP contribution is 2.44. The van der Waals surface area contributed by atoms with Crippen molar-refractivity contribution in [3.05, 3.63) is 71.8 Å². The number of carbonyl (C=O) groups excluding carboxylic acids is 2. The highest BCUT2D eigenvalue weighted by molar-refractivity contribution is 5.83. The topological polar surface area (TPSA) is 55.8 Å². The third-order valence-corrected chi connectivity index (χ3v) is 5.57. The molecule has 1 aliphatic heterocycles. The molecule has 5 heteroatoms. The summed E-state index contributed by atoms with van der Waals surface area (Å²) in [6.45, 7) is 2.10. The molecule has 144 valence electrons. The predicted molar refractivity (Wildman–Crippen MR) is 106 cm³/mol. The molecule has 1 heterocycles. The van der Waals surface area contributed by atoms with Crippen molar-refractivity contribution in [2.24, 2.45) is 0 Å². The fraction of sp³-hybridized carbons (Fsp3) is 0.304. The van der Waals surface area contributed by atoms with Crippen LogP contribution in [0.2, 0.25) is 0 Å². The van der Waals surface area contributed by atoms with Gasteiger partial charge in [0, 0.05) is 5.92 Å². The minimum Gasteiger partial charge on any atom is -0.467 e. The Balaban J connectivity index is 1.55. The number of fused-ring (bicyclic) bond motifs is 3. The Morgan fingerprint density at radius 3 is 2.25 bits per heavy atom. The molecule has 2 aliphatic rings. The standard InChI is InChI=1S/C23H23NO4/c1-15-8-7-13-21(22(25)27-2)24(15)23(26)28-14-20-18-11-5-3-9-16(18)17-10-4-6-12-19(17)20/h3-12,15,20-21H,13-14H2,1-2H3/t15-,21+/m0/s1. The first kappa shape index (κ1) is 18.3. The van der Waals surface area contributed by atoms with Gasteiger partial charge in [-0.3, -0.25) is 4.90 Å². The maximum absolute atomic E-state index is 12.9.